The molecule has 1 unspecified atom stereocenters. The maximum atomic E-state index is 13.2. The largest absolute Gasteiger partial charge is 0.474 e. The number of carbonyl (C=O) groups excluding carboxylic acids is 3. The van der Waals surface area contributed by atoms with Gasteiger partial charge in [-0.15, -0.1) is 0 Å². The molecule has 0 aliphatic heterocycles. The minimum atomic E-state index is -1.78. The number of aliphatic carboxylic acids is 1. The standard InChI is InChI=1S/C26H22FN3O6/c27-16-11-9-15(10-12-16)13-22(28-24(32)25(33)34)23(31)29-30-26(35)36-14-21-19-7-3-1-5-17(19)18-6-2-4-8-20(18)21/h1-12,21-22H,13-14H2,(H,28,32)(H,29,31)(H,30,35)(H,33,34). The summed E-state index contributed by atoms with van der Waals surface area (Å²) >= 11 is 0. The molecule has 4 rings (SSSR count). The topological polar surface area (TPSA) is 134 Å². The van der Waals surface area contributed by atoms with Crippen LogP contribution < -0.4 is 16.2 Å². The van der Waals surface area contributed by atoms with Crippen LogP contribution in [0.25, 0.3) is 11.1 Å². The molecule has 9 nitrogen and oxygen atoms in total. The van der Waals surface area contributed by atoms with Crippen molar-refractivity contribution >= 4 is 23.9 Å². The zero-order chi connectivity index (χ0) is 25.7. The number of rotatable bonds is 6. The Kier molecular flexibility index (Phi) is 7.24. The van der Waals surface area contributed by atoms with Gasteiger partial charge in [0.25, 0.3) is 5.91 Å². The van der Waals surface area contributed by atoms with Crippen molar-refractivity contribution in [1.82, 2.24) is 16.2 Å². The van der Waals surface area contributed by atoms with Gasteiger partial charge in [0.1, 0.15) is 18.5 Å². The predicted molar refractivity (Wildman–Crippen MR) is 126 cm³/mol. The van der Waals surface area contributed by atoms with Gasteiger partial charge in [-0.3, -0.25) is 15.0 Å². The Hall–Kier alpha value is -4.73. The van der Waals surface area contributed by atoms with E-state index < -0.39 is 35.7 Å². The first-order valence-corrected chi connectivity index (χ1v) is 11.0. The lowest BCUT2D eigenvalue weighted by molar-refractivity contribution is -0.151. The van der Waals surface area contributed by atoms with Crippen LogP contribution >= 0.6 is 0 Å². The molecule has 1 aliphatic carbocycles. The zero-order valence-electron chi connectivity index (χ0n) is 18.9. The zero-order valence-corrected chi connectivity index (χ0v) is 18.9. The van der Waals surface area contributed by atoms with E-state index in [0.29, 0.717) is 5.56 Å². The van der Waals surface area contributed by atoms with Gasteiger partial charge in [-0.05, 0) is 39.9 Å². The monoisotopic (exact) mass is 491 g/mol. The number of fused-ring (bicyclic) bond motifs is 3. The van der Waals surface area contributed by atoms with E-state index in [1.807, 2.05) is 48.5 Å². The number of carboxylic acids is 1. The van der Waals surface area contributed by atoms with Crippen molar-refractivity contribution in [1.29, 1.82) is 0 Å². The van der Waals surface area contributed by atoms with Gasteiger partial charge in [-0.25, -0.2) is 19.4 Å². The van der Waals surface area contributed by atoms with Crippen molar-refractivity contribution in [2.45, 2.75) is 18.4 Å². The number of carboxylic acid groups (broad SMARTS) is 1. The third-order valence-electron chi connectivity index (χ3n) is 5.80. The van der Waals surface area contributed by atoms with E-state index in [2.05, 4.69) is 16.2 Å². The second kappa shape index (κ2) is 10.7. The van der Waals surface area contributed by atoms with E-state index in [4.69, 9.17) is 9.84 Å². The average molecular weight is 491 g/mol. The summed E-state index contributed by atoms with van der Waals surface area (Å²) in [5.74, 6) is -4.75. The van der Waals surface area contributed by atoms with Gasteiger partial charge < -0.3 is 15.2 Å². The molecule has 0 saturated carbocycles. The molecule has 0 aromatic heterocycles. The highest BCUT2D eigenvalue weighted by atomic mass is 19.1. The van der Waals surface area contributed by atoms with E-state index in [0.717, 1.165) is 34.4 Å². The van der Waals surface area contributed by atoms with Crippen LogP contribution in [-0.4, -0.2) is 41.6 Å². The summed E-state index contributed by atoms with van der Waals surface area (Å²) in [5, 5.41) is 10.9. The van der Waals surface area contributed by atoms with Crippen molar-refractivity contribution < 1.29 is 33.4 Å². The Bertz CT molecular complexity index is 1270. The van der Waals surface area contributed by atoms with E-state index >= 15 is 0 Å². The highest BCUT2D eigenvalue weighted by Crippen LogP contribution is 2.44. The van der Waals surface area contributed by atoms with Crippen LogP contribution in [-0.2, 0) is 25.5 Å². The number of halogens is 1. The molecule has 0 bridgehead atoms. The molecule has 3 aromatic rings. The third kappa shape index (κ3) is 5.49. The molecule has 3 aromatic carbocycles. The molecule has 0 saturated heterocycles. The van der Waals surface area contributed by atoms with Gasteiger partial charge in [0.05, 0.1) is 0 Å². The average Bonchev–Trinajstić information content (AvgIpc) is 3.20. The van der Waals surface area contributed by atoms with Crippen LogP contribution in [0.5, 0.6) is 0 Å². The quantitative estimate of drug-likeness (QED) is 0.309. The number of hydrazine groups is 1. The highest BCUT2D eigenvalue weighted by molar-refractivity contribution is 6.32. The van der Waals surface area contributed by atoms with E-state index in [1.165, 1.54) is 12.1 Å². The number of hydrogen-bond acceptors (Lipinski definition) is 5. The highest BCUT2D eigenvalue weighted by Gasteiger charge is 2.29. The van der Waals surface area contributed by atoms with Crippen LogP contribution in [0, 0.1) is 5.82 Å². The van der Waals surface area contributed by atoms with Gasteiger partial charge in [0.2, 0.25) is 0 Å². The predicted octanol–water partition coefficient (Wildman–Crippen LogP) is 2.51. The Morgan fingerprint density at radius 1 is 0.861 bits per heavy atom. The first-order valence-electron chi connectivity index (χ1n) is 11.0. The molecule has 184 valence electrons. The van der Waals surface area contributed by atoms with Gasteiger partial charge in [-0.1, -0.05) is 60.7 Å². The Morgan fingerprint density at radius 3 is 2.03 bits per heavy atom. The van der Waals surface area contributed by atoms with Crippen molar-refractivity contribution in [2.24, 2.45) is 0 Å². The smallest absolute Gasteiger partial charge is 0.426 e. The minimum absolute atomic E-state index is 0.0183. The first-order chi connectivity index (χ1) is 17.3. The maximum Gasteiger partial charge on any atom is 0.426 e. The van der Waals surface area contributed by atoms with Gasteiger partial charge >= 0.3 is 18.0 Å². The van der Waals surface area contributed by atoms with Gasteiger partial charge in [-0.2, -0.15) is 0 Å². The molecule has 0 fully saturated rings. The summed E-state index contributed by atoms with van der Waals surface area (Å²) in [4.78, 5) is 47.5. The summed E-state index contributed by atoms with van der Waals surface area (Å²) in [6, 6.07) is 19.4. The maximum absolute atomic E-state index is 13.2. The van der Waals surface area contributed by atoms with Gasteiger partial charge in [0.15, 0.2) is 0 Å². The second-order valence-corrected chi connectivity index (χ2v) is 8.10. The molecule has 1 aliphatic rings. The summed E-state index contributed by atoms with van der Waals surface area (Å²) in [6.45, 7) is 0.0183. The van der Waals surface area contributed by atoms with Gasteiger partial charge in [0, 0.05) is 12.3 Å². The molecule has 4 N–H and O–H groups in total. The van der Waals surface area contributed by atoms with Crippen LogP contribution in [0.1, 0.15) is 22.6 Å². The minimum Gasteiger partial charge on any atom is -0.474 e. The van der Waals surface area contributed by atoms with E-state index in [-0.39, 0.29) is 18.9 Å². The molecular formula is C26H22FN3O6. The lowest BCUT2D eigenvalue weighted by atomic mass is 9.98. The van der Waals surface area contributed by atoms with E-state index in [9.17, 15) is 23.6 Å². The first kappa shape index (κ1) is 24.4. The van der Waals surface area contributed by atoms with Crippen LogP contribution in [0.3, 0.4) is 0 Å². The number of ether oxygens (including phenoxy) is 1. The molecule has 0 heterocycles. The molecule has 10 heteroatoms. The molecular weight excluding hydrogens is 469 g/mol. The molecule has 0 radical (unpaired) electrons. The fraction of sp³-hybridized carbons (Fsp3) is 0.154. The van der Waals surface area contributed by atoms with Crippen LogP contribution in [0.2, 0.25) is 0 Å². The summed E-state index contributed by atoms with van der Waals surface area (Å²) < 4.78 is 18.5. The Labute approximate surface area is 205 Å². The van der Waals surface area contributed by atoms with Crippen LogP contribution in [0.15, 0.2) is 72.8 Å². The van der Waals surface area contributed by atoms with Crippen molar-refractivity contribution in [3.63, 3.8) is 0 Å². The lowest BCUT2D eigenvalue weighted by Crippen LogP contribution is -2.54. The summed E-state index contributed by atoms with van der Waals surface area (Å²) in [6.07, 6.45) is -1.08. The fourth-order valence-electron chi connectivity index (χ4n) is 4.12. The molecule has 3 amide bonds. The summed E-state index contributed by atoms with van der Waals surface area (Å²) in [5.41, 5.74) is 8.87. The summed E-state index contributed by atoms with van der Waals surface area (Å²) in [7, 11) is 0. The number of amides is 3. The third-order valence-corrected chi connectivity index (χ3v) is 5.80. The SMILES string of the molecule is O=C(NNC(=O)C(Cc1ccc(F)cc1)NC(=O)C(=O)O)OCC1c2ccccc2-c2ccccc21. The van der Waals surface area contributed by atoms with Crippen LogP contribution in [0.4, 0.5) is 9.18 Å². The van der Waals surface area contributed by atoms with E-state index in [1.54, 1.807) is 0 Å². The van der Waals surface area contributed by atoms with Crippen molar-refractivity contribution in [2.75, 3.05) is 6.61 Å². The van der Waals surface area contributed by atoms with Crippen molar-refractivity contribution in [3.05, 3.63) is 95.3 Å². The number of carbonyl (C=O) groups is 4. The second-order valence-electron chi connectivity index (χ2n) is 8.10. The number of hydrogen-bond donors (Lipinski definition) is 4. The molecule has 36 heavy (non-hydrogen) atoms. The Morgan fingerprint density at radius 2 is 1.44 bits per heavy atom. The molecule has 1 atom stereocenters. The number of benzene rings is 3. The molecule has 0 spiro atoms. The number of nitrogens with one attached hydrogen (secondary N) is 3. The fourth-order valence-corrected chi connectivity index (χ4v) is 4.12. The van der Waals surface area contributed by atoms with Crippen molar-refractivity contribution in [3.8, 4) is 11.1 Å². The normalized spacial score (nSPS) is 12.6. The Balaban J connectivity index is 1.36. The lowest BCUT2D eigenvalue weighted by Gasteiger charge is -2.18.